The third-order valence-electron chi connectivity index (χ3n) is 11.9. The number of hydrogen-bond acceptors (Lipinski definition) is 6. The van der Waals surface area contributed by atoms with Gasteiger partial charge in [-0.3, -0.25) is 5.32 Å². The summed E-state index contributed by atoms with van der Waals surface area (Å²) >= 11 is 0. The van der Waals surface area contributed by atoms with Crippen LogP contribution in [0.5, 0.6) is 0 Å². The van der Waals surface area contributed by atoms with E-state index in [0.717, 1.165) is 83.2 Å². The molecule has 6 nitrogen and oxygen atoms in total. The molecule has 2 aliphatic heterocycles. The van der Waals surface area contributed by atoms with E-state index in [-0.39, 0.29) is 18.4 Å². The molecular weight excluding hydrogens is 701 g/mol. The first-order chi connectivity index (χ1) is 28.2. The first-order valence-electron chi connectivity index (χ1n) is 19.6. The molecule has 0 spiro atoms. The van der Waals surface area contributed by atoms with E-state index < -0.39 is 0 Å². The van der Waals surface area contributed by atoms with Gasteiger partial charge >= 0.3 is 0 Å². The lowest BCUT2D eigenvalue weighted by atomic mass is 9.91. The Balaban J connectivity index is 0.994. The third kappa shape index (κ3) is 5.11. The fraction of sp³-hybridized carbons (Fsp3) is 0.0784. The fourth-order valence-electron chi connectivity index (χ4n) is 9.28. The van der Waals surface area contributed by atoms with Crippen LogP contribution in [-0.4, -0.2) is 11.9 Å². The van der Waals surface area contributed by atoms with Crippen LogP contribution in [0, 0.1) is 0 Å². The molecule has 9 aromatic rings. The SMILES string of the molecule is C1=CC2c3ccccc3N(c3cccc4oc5cccc(-c6ccc7oc8ccc(C9N=C(c%10ccccc%10)NC(c%10ccccc%10)N9)cc8c7c6)c5c34)C2C=C1. The number of benzene rings is 7. The van der Waals surface area contributed by atoms with Crippen LogP contribution in [0.1, 0.15) is 40.5 Å². The van der Waals surface area contributed by atoms with Crippen molar-refractivity contribution in [2.45, 2.75) is 24.3 Å². The molecular formula is C51H36N4O2. The van der Waals surface area contributed by atoms with Crippen LogP contribution in [0.25, 0.3) is 55.0 Å². The molecule has 4 unspecified atom stereocenters. The second-order valence-electron chi connectivity index (χ2n) is 15.1. The molecule has 2 aromatic heterocycles. The second kappa shape index (κ2) is 12.7. The zero-order chi connectivity index (χ0) is 37.5. The number of para-hydroxylation sites is 1. The molecule has 0 saturated carbocycles. The average molecular weight is 737 g/mol. The Morgan fingerprint density at radius 3 is 2.11 bits per heavy atom. The maximum absolute atomic E-state index is 6.64. The topological polar surface area (TPSA) is 65.9 Å². The lowest BCUT2D eigenvalue weighted by Crippen LogP contribution is -2.44. The first-order valence-corrected chi connectivity index (χ1v) is 19.6. The van der Waals surface area contributed by atoms with E-state index >= 15 is 0 Å². The number of allylic oxidation sites excluding steroid dienone is 2. The molecule has 12 rings (SSSR count). The van der Waals surface area contributed by atoms with Gasteiger partial charge in [0.05, 0.1) is 17.1 Å². The van der Waals surface area contributed by atoms with Crippen molar-refractivity contribution in [1.82, 2.24) is 10.6 Å². The van der Waals surface area contributed by atoms with Gasteiger partial charge in [0, 0.05) is 33.3 Å². The summed E-state index contributed by atoms with van der Waals surface area (Å²) in [5.41, 5.74) is 12.7. The molecule has 2 N–H and O–H groups in total. The van der Waals surface area contributed by atoms with Gasteiger partial charge in [-0.05, 0) is 76.3 Å². The number of nitrogens with zero attached hydrogens (tertiary/aromatic N) is 2. The minimum atomic E-state index is -0.279. The summed E-state index contributed by atoms with van der Waals surface area (Å²) < 4.78 is 13.1. The van der Waals surface area contributed by atoms with Crippen LogP contribution in [0.15, 0.2) is 196 Å². The maximum Gasteiger partial charge on any atom is 0.137 e. The minimum Gasteiger partial charge on any atom is -0.456 e. The number of aliphatic imine (C=N–C) groups is 1. The van der Waals surface area contributed by atoms with Crippen molar-refractivity contribution in [3.63, 3.8) is 0 Å². The van der Waals surface area contributed by atoms with Gasteiger partial charge < -0.3 is 19.1 Å². The largest absolute Gasteiger partial charge is 0.456 e. The summed E-state index contributed by atoms with van der Waals surface area (Å²) in [6.45, 7) is 0. The number of nitrogens with one attached hydrogen (secondary N) is 2. The summed E-state index contributed by atoms with van der Waals surface area (Å²) in [6.07, 6.45) is 8.60. The van der Waals surface area contributed by atoms with Gasteiger partial charge in [0.15, 0.2) is 0 Å². The Bertz CT molecular complexity index is 3120. The van der Waals surface area contributed by atoms with Gasteiger partial charge in [-0.2, -0.15) is 0 Å². The van der Waals surface area contributed by atoms with E-state index in [1.807, 2.05) is 12.1 Å². The lowest BCUT2D eigenvalue weighted by molar-refractivity contribution is 0.409. The predicted molar refractivity (Wildman–Crippen MR) is 231 cm³/mol. The summed E-state index contributed by atoms with van der Waals surface area (Å²) in [4.78, 5) is 7.72. The highest BCUT2D eigenvalue weighted by Crippen LogP contribution is 2.51. The molecule has 6 heteroatoms. The Morgan fingerprint density at radius 2 is 1.23 bits per heavy atom. The molecule has 0 fully saturated rings. The second-order valence-corrected chi connectivity index (χ2v) is 15.1. The number of furan rings is 2. The minimum absolute atomic E-state index is 0.118. The monoisotopic (exact) mass is 736 g/mol. The highest BCUT2D eigenvalue weighted by molar-refractivity contribution is 6.19. The summed E-state index contributed by atoms with van der Waals surface area (Å²) in [7, 11) is 0. The molecule has 3 aliphatic rings. The predicted octanol–water partition coefficient (Wildman–Crippen LogP) is 12.2. The van der Waals surface area contributed by atoms with Crippen molar-refractivity contribution in [2.75, 3.05) is 4.90 Å². The average Bonchev–Trinajstić information content (AvgIpc) is 3.96. The van der Waals surface area contributed by atoms with Gasteiger partial charge in [0.25, 0.3) is 0 Å². The Morgan fingerprint density at radius 1 is 0.526 bits per heavy atom. The number of anilines is 2. The van der Waals surface area contributed by atoms with Gasteiger partial charge in [-0.1, -0.05) is 133 Å². The number of fused-ring (bicyclic) bond motifs is 9. The molecule has 0 saturated heterocycles. The summed E-state index contributed by atoms with van der Waals surface area (Å²) in [5, 5.41) is 11.8. The molecule has 0 bridgehead atoms. The molecule has 4 atom stereocenters. The molecule has 1 aliphatic carbocycles. The maximum atomic E-state index is 6.64. The summed E-state index contributed by atoms with van der Waals surface area (Å²) in [6, 6.07) is 55.6. The van der Waals surface area contributed by atoms with Crippen molar-refractivity contribution in [3.05, 3.63) is 204 Å². The molecule has 57 heavy (non-hydrogen) atoms. The van der Waals surface area contributed by atoms with Crippen LogP contribution in [0.3, 0.4) is 0 Å². The Hall–Kier alpha value is -7.15. The van der Waals surface area contributed by atoms with Crippen LogP contribution in [0.2, 0.25) is 0 Å². The van der Waals surface area contributed by atoms with Crippen molar-refractivity contribution in [2.24, 2.45) is 4.99 Å². The van der Waals surface area contributed by atoms with E-state index in [1.165, 1.54) is 11.3 Å². The van der Waals surface area contributed by atoms with E-state index in [0.29, 0.717) is 5.92 Å². The van der Waals surface area contributed by atoms with Gasteiger partial charge in [0.2, 0.25) is 0 Å². The Labute approximate surface area is 329 Å². The van der Waals surface area contributed by atoms with E-state index in [9.17, 15) is 0 Å². The number of rotatable bonds is 5. The highest BCUT2D eigenvalue weighted by atomic mass is 16.3. The molecule has 7 aromatic carbocycles. The van der Waals surface area contributed by atoms with Crippen molar-refractivity contribution >= 4 is 61.1 Å². The molecule has 272 valence electrons. The van der Waals surface area contributed by atoms with E-state index in [4.69, 9.17) is 13.8 Å². The zero-order valence-corrected chi connectivity index (χ0v) is 30.8. The first kappa shape index (κ1) is 32.1. The lowest BCUT2D eigenvalue weighted by Gasteiger charge is -2.32. The van der Waals surface area contributed by atoms with Crippen molar-refractivity contribution in [3.8, 4) is 11.1 Å². The normalized spacial score (nSPS) is 19.9. The van der Waals surface area contributed by atoms with E-state index in [2.05, 4.69) is 185 Å². The third-order valence-corrected chi connectivity index (χ3v) is 11.9. The van der Waals surface area contributed by atoms with Gasteiger partial charge in [0.1, 0.15) is 40.5 Å². The highest BCUT2D eigenvalue weighted by Gasteiger charge is 2.38. The van der Waals surface area contributed by atoms with Crippen LogP contribution in [-0.2, 0) is 0 Å². The van der Waals surface area contributed by atoms with E-state index in [1.54, 1.807) is 0 Å². The van der Waals surface area contributed by atoms with Crippen molar-refractivity contribution < 1.29 is 8.83 Å². The smallest absolute Gasteiger partial charge is 0.137 e. The fourth-order valence-corrected chi connectivity index (χ4v) is 9.28. The van der Waals surface area contributed by atoms with Gasteiger partial charge in [-0.15, -0.1) is 0 Å². The van der Waals surface area contributed by atoms with Crippen LogP contribution < -0.4 is 15.5 Å². The molecule has 0 amide bonds. The Kier molecular flexibility index (Phi) is 7.16. The summed E-state index contributed by atoms with van der Waals surface area (Å²) in [5.74, 6) is 1.15. The quantitative estimate of drug-likeness (QED) is 0.184. The van der Waals surface area contributed by atoms with Crippen LogP contribution in [0.4, 0.5) is 11.4 Å². The van der Waals surface area contributed by atoms with Gasteiger partial charge in [-0.25, -0.2) is 4.99 Å². The number of hydrogen-bond donors (Lipinski definition) is 2. The zero-order valence-electron chi connectivity index (χ0n) is 30.8. The van der Waals surface area contributed by atoms with Crippen LogP contribution >= 0.6 is 0 Å². The molecule has 4 heterocycles. The van der Waals surface area contributed by atoms with Crippen molar-refractivity contribution in [1.29, 1.82) is 0 Å². The molecule has 0 radical (unpaired) electrons. The number of amidine groups is 1. The standard InChI is InChI=1S/C51H36N4O2/c1-3-13-31(14-4-1)49-52-50(32-15-5-2-6-16-32)54-51(53-49)34-26-28-44-39(30-34)38-29-33(25-27-43(38)56-44)35-19-11-23-45-47(35)48-42(22-12-24-46(48)57-45)55-40-20-9-7-17-36(40)37-18-8-10-21-41(37)55/h1-30,36,40,49,51,53H,(H,52,54).